The zero-order chi connectivity index (χ0) is 14.8. The summed E-state index contributed by atoms with van der Waals surface area (Å²) in [6, 6.07) is 6.73. The average molecular weight is 291 g/mol. The van der Waals surface area contributed by atoms with E-state index < -0.39 is 5.97 Å². The van der Waals surface area contributed by atoms with Crippen LogP contribution >= 0.6 is 0 Å². The number of aliphatic carboxylic acids is 1. The highest BCUT2D eigenvalue weighted by Gasteiger charge is 2.33. The molecule has 0 amide bonds. The van der Waals surface area contributed by atoms with Crippen LogP contribution < -0.4 is 9.47 Å². The van der Waals surface area contributed by atoms with Gasteiger partial charge in [0.15, 0.2) is 11.5 Å². The molecule has 21 heavy (non-hydrogen) atoms. The van der Waals surface area contributed by atoms with E-state index in [1.807, 2.05) is 18.2 Å². The largest absolute Gasteiger partial charge is 0.486 e. The first-order valence-electron chi connectivity index (χ1n) is 7.52. The zero-order valence-corrected chi connectivity index (χ0v) is 12.2. The second kappa shape index (κ2) is 5.93. The van der Waals surface area contributed by atoms with E-state index in [1.165, 1.54) is 0 Å². The van der Waals surface area contributed by atoms with Gasteiger partial charge in [-0.05, 0) is 37.5 Å². The maximum Gasteiger partial charge on any atom is 0.304 e. The van der Waals surface area contributed by atoms with Crippen molar-refractivity contribution >= 4 is 5.97 Å². The number of ether oxygens (including phenoxy) is 2. The van der Waals surface area contributed by atoms with Crippen molar-refractivity contribution in [2.45, 2.75) is 38.3 Å². The number of carboxylic acid groups (broad SMARTS) is 1. The van der Waals surface area contributed by atoms with Crippen molar-refractivity contribution in [1.29, 1.82) is 0 Å². The molecule has 1 heterocycles. The first-order valence-corrected chi connectivity index (χ1v) is 7.52. The molecule has 0 radical (unpaired) electrons. The van der Waals surface area contributed by atoms with Crippen LogP contribution in [0.3, 0.4) is 0 Å². The quantitative estimate of drug-likeness (QED) is 0.872. The van der Waals surface area contributed by atoms with Crippen molar-refractivity contribution in [2.75, 3.05) is 19.8 Å². The molecule has 1 saturated carbocycles. The van der Waals surface area contributed by atoms with E-state index in [0.29, 0.717) is 25.8 Å². The molecule has 1 N–H and O–H groups in total. The minimum Gasteiger partial charge on any atom is -0.486 e. The maximum atomic E-state index is 10.8. The van der Waals surface area contributed by atoms with Crippen molar-refractivity contribution in [2.24, 2.45) is 0 Å². The molecule has 1 aromatic rings. The van der Waals surface area contributed by atoms with Crippen LogP contribution in [-0.4, -0.2) is 41.8 Å². The van der Waals surface area contributed by atoms with Crippen LogP contribution in [-0.2, 0) is 4.79 Å². The number of carboxylic acids is 1. The van der Waals surface area contributed by atoms with E-state index >= 15 is 0 Å². The minimum atomic E-state index is -0.741. The molecule has 114 valence electrons. The van der Waals surface area contributed by atoms with E-state index in [9.17, 15) is 4.79 Å². The van der Waals surface area contributed by atoms with Crippen molar-refractivity contribution in [3.8, 4) is 11.5 Å². The lowest BCUT2D eigenvalue weighted by Gasteiger charge is -2.30. The topological polar surface area (TPSA) is 59.0 Å². The molecule has 1 aliphatic heterocycles. The second-order valence-corrected chi connectivity index (χ2v) is 5.69. The highest BCUT2D eigenvalue weighted by molar-refractivity contribution is 5.66. The van der Waals surface area contributed by atoms with Crippen molar-refractivity contribution in [3.63, 3.8) is 0 Å². The number of benzene rings is 1. The summed E-state index contributed by atoms with van der Waals surface area (Å²) in [4.78, 5) is 13.1. The van der Waals surface area contributed by atoms with E-state index in [1.54, 1.807) is 0 Å². The number of nitrogens with zero attached hydrogens (tertiary/aromatic N) is 1. The maximum absolute atomic E-state index is 10.8. The Kier molecular flexibility index (Phi) is 4.01. The predicted molar refractivity (Wildman–Crippen MR) is 77.8 cm³/mol. The molecule has 1 atom stereocenters. The van der Waals surface area contributed by atoms with Crippen LogP contribution in [0.2, 0.25) is 0 Å². The highest BCUT2D eigenvalue weighted by Crippen LogP contribution is 2.38. The van der Waals surface area contributed by atoms with Gasteiger partial charge in [-0.25, -0.2) is 0 Å². The van der Waals surface area contributed by atoms with E-state index in [-0.39, 0.29) is 12.5 Å². The molecule has 1 unspecified atom stereocenters. The molecule has 0 spiro atoms. The summed E-state index contributed by atoms with van der Waals surface area (Å²) in [5, 5.41) is 8.91. The Bertz CT molecular complexity index is 527. The normalized spacial score (nSPS) is 18.6. The molecule has 2 aliphatic rings. The lowest BCUT2D eigenvalue weighted by atomic mass is 10.1. The van der Waals surface area contributed by atoms with Crippen molar-refractivity contribution in [1.82, 2.24) is 4.90 Å². The Balaban J connectivity index is 1.75. The van der Waals surface area contributed by atoms with E-state index in [4.69, 9.17) is 14.6 Å². The monoisotopic (exact) mass is 291 g/mol. The summed E-state index contributed by atoms with van der Waals surface area (Å²) in [6.07, 6.45) is 2.51. The van der Waals surface area contributed by atoms with Gasteiger partial charge in [0.2, 0.25) is 0 Å². The molecule has 3 rings (SSSR count). The van der Waals surface area contributed by atoms with Gasteiger partial charge in [0.05, 0.1) is 6.42 Å². The first-order chi connectivity index (χ1) is 10.1. The zero-order valence-electron chi connectivity index (χ0n) is 12.2. The third-order valence-electron chi connectivity index (χ3n) is 4.15. The Hall–Kier alpha value is -1.75. The number of fused-ring (bicyclic) bond motifs is 1. The summed E-state index contributed by atoms with van der Waals surface area (Å²) >= 11 is 0. The summed E-state index contributed by atoms with van der Waals surface area (Å²) in [6.45, 7) is 3.89. The van der Waals surface area contributed by atoms with Gasteiger partial charge in [0.25, 0.3) is 0 Å². The van der Waals surface area contributed by atoms with Crippen molar-refractivity contribution < 1.29 is 19.4 Å². The van der Waals surface area contributed by atoms with Crippen LogP contribution in [0.5, 0.6) is 11.5 Å². The average Bonchev–Trinajstić information content (AvgIpc) is 3.31. The molecule has 5 heteroatoms. The van der Waals surface area contributed by atoms with Gasteiger partial charge < -0.3 is 14.6 Å². The fourth-order valence-electron chi connectivity index (χ4n) is 2.83. The molecule has 1 aliphatic carbocycles. The van der Waals surface area contributed by atoms with E-state index in [2.05, 4.69) is 11.8 Å². The molecule has 5 nitrogen and oxygen atoms in total. The van der Waals surface area contributed by atoms with Gasteiger partial charge in [0, 0.05) is 18.6 Å². The molecular formula is C16H21NO4. The Morgan fingerprint density at radius 2 is 2.05 bits per heavy atom. The van der Waals surface area contributed by atoms with Crippen LogP contribution in [0.15, 0.2) is 18.2 Å². The predicted octanol–water partition coefficient (Wildman–Crippen LogP) is 2.46. The standard InChI is InChI=1S/C16H21NO4/c1-11(17(13-3-4-13)7-6-16(18)19)12-2-5-14-15(10-12)21-9-8-20-14/h2,5,10-11,13H,3-4,6-9H2,1H3,(H,18,19). The third kappa shape index (κ3) is 3.29. The minimum absolute atomic E-state index is 0.186. The molecule has 1 fully saturated rings. The lowest BCUT2D eigenvalue weighted by molar-refractivity contribution is -0.137. The van der Waals surface area contributed by atoms with Crippen molar-refractivity contribution in [3.05, 3.63) is 23.8 Å². The number of hydrogen-bond donors (Lipinski definition) is 1. The fraction of sp³-hybridized carbons (Fsp3) is 0.562. The first kappa shape index (κ1) is 14.2. The Morgan fingerprint density at radius 3 is 2.71 bits per heavy atom. The van der Waals surface area contributed by atoms with Crippen LogP contribution in [0.1, 0.15) is 37.8 Å². The second-order valence-electron chi connectivity index (χ2n) is 5.69. The van der Waals surface area contributed by atoms with Gasteiger partial charge in [-0.15, -0.1) is 0 Å². The molecule has 0 bridgehead atoms. The van der Waals surface area contributed by atoms with Gasteiger partial charge in [-0.3, -0.25) is 9.69 Å². The van der Waals surface area contributed by atoms with Crippen LogP contribution in [0.25, 0.3) is 0 Å². The Morgan fingerprint density at radius 1 is 1.33 bits per heavy atom. The SMILES string of the molecule is CC(c1ccc2c(c1)OCCO2)N(CCC(=O)O)C1CC1. The number of hydrogen-bond acceptors (Lipinski definition) is 4. The third-order valence-corrected chi connectivity index (χ3v) is 4.15. The fourth-order valence-corrected chi connectivity index (χ4v) is 2.83. The van der Waals surface area contributed by atoms with Gasteiger partial charge >= 0.3 is 5.97 Å². The molecule has 1 aromatic carbocycles. The summed E-state index contributed by atoms with van der Waals surface area (Å²) < 4.78 is 11.2. The summed E-state index contributed by atoms with van der Waals surface area (Å²) in [5.41, 5.74) is 1.15. The highest BCUT2D eigenvalue weighted by atomic mass is 16.6. The number of carbonyl (C=O) groups is 1. The molecule has 0 saturated heterocycles. The van der Waals surface area contributed by atoms with Gasteiger partial charge in [-0.1, -0.05) is 6.07 Å². The summed E-state index contributed by atoms with van der Waals surface area (Å²) in [7, 11) is 0. The van der Waals surface area contributed by atoms with E-state index in [0.717, 1.165) is 29.9 Å². The van der Waals surface area contributed by atoms with Gasteiger partial charge in [-0.2, -0.15) is 0 Å². The molecule has 0 aromatic heterocycles. The Labute approximate surface area is 124 Å². The van der Waals surface area contributed by atoms with Gasteiger partial charge in [0.1, 0.15) is 13.2 Å². The lowest BCUT2D eigenvalue weighted by Crippen LogP contribution is -2.31. The smallest absolute Gasteiger partial charge is 0.304 e. The van der Waals surface area contributed by atoms with Crippen LogP contribution in [0, 0.1) is 0 Å². The van der Waals surface area contributed by atoms with Crippen LogP contribution in [0.4, 0.5) is 0 Å². The summed E-state index contributed by atoms with van der Waals surface area (Å²) in [5.74, 6) is 0.843. The number of rotatable bonds is 6. The molecular weight excluding hydrogens is 270 g/mol.